The van der Waals surface area contributed by atoms with E-state index in [0.717, 1.165) is 0 Å². The zero-order valence-corrected chi connectivity index (χ0v) is 17.2. The van der Waals surface area contributed by atoms with Crippen LogP contribution in [0.1, 0.15) is 27.7 Å². The topological polar surface area (TPSA) is 96.4 Å². The van der Waals surface area contributed by atoms with Crippen LogP contribution in [0, 0.1) is 11.8 Å². The Balaban J connectivity index is 1.88. The highest BCUT2D eigenvalue weighted by Crippen LogP contribution is 2.53. The number of carbonyl (C=O) groups is 3. The van der Waals surface area contributed by atoms with Crippen LogP contribution < -0.4 is 0 Å². The van der Waals surface area contributed by atoms with Gasteiger partial charge in [-0.1, -0.05) is 18.2 Å². The Labute approximate surface area is 170 Å². The summed E-state index contributed by atoms with van der Waals surface area (Å²) in [6, 6.07) is -1.54. The van der Waals surface area contributed by atoms with E-state index in [0.29, 0.717) is 6.54 Å². The maximum atomic E-state index is 13.7. The Kier molecular flexibility index (Phi) is 4.62. The fraction of sp³-hybridized carbons (Fsp3) is 0.667. The molecule has 1 N–H and O–H groups in total. The van der Waals surface area contributed by atoms with Crippen LogP contribution >= 0.6 is 0 Å². The first-order valence-corrected chi connectivity index (χ1v) is 10.1. The molecule has 29 heavy (non-hydrogen) atoms. The van der Waals surface area contributed by atoms with Crippen molar-refractivity contribution in [2.45, 2.75) is 57.0 Å². The van der Waals surface area contributed by atoms with E-state index in [-0.39, 0.29) is 25.0 Å². The van der Waals surface area contributed by atoms with Gasteiger partial charge in [-0.05, 0) is 33.8 Å². The third kappa shape index (κ3) is 2.76. The first-order chi connectivity index (χ1) is 13.6. The highest BCUT2D eigenvalue weighted by molar-refractivity contribution is 5.99. The zero-order valence-electron chi connectivity index (χ0n) is 17.2. The van der Waals surface area contributed by atoms with Crippen molar-refractivity contribution in [2.75, 3.05) is 19.8 Å². The predicted octanol–water partition coefficient (Wildman–Crippen LogP) is 0.258. The summed E-state index contributed by atoms with van der Waals surface area (Å²) in [5.74, 6) is -2.79. The quantitative estimate of drug-likeness (QED) is 0.524. The Morgan fingerprint density at radius 2 is 1.97 bits per heavy atom. The molecule has 8 nitrogen and oxygen atoms in total. The van der Waals surface area contributed by atoms with Gasteiger partial charge in [-0.15, -0.1) is 0 Å². The molecule has 2 unspecified atom stereocenters. The van der Waals surface area contributed by atoms with Gasteiger partial charge in [0, 0.05) is 12.1 Å². The van der Waals surface area contributed by atoms with E-state index in [4.69, 9.17) is 9.47 Å². The van der Waals surface area contributed by atoms with Crippen molar-refractivity contribution in [2.24, 2.45) is 11.8 Å². The summed E-state index contributed by atoms with van der Waals surface area (Å²) in [7, 11) is 0. The number of carbonyl (C=O) groups excluding carboxylic acids is 3. The molecule has 0 aliphatic carbocycles. The van der Waals surface area contributed by atoms with Crippen molar-refractivity contribution in [3.63, 3.8) is 0 Å². The average molecular weight is 404 g/mol. The molecule has 0 radical (unpaired) electrons. The molecule has 2 fully saturated rings. The Hall–Kier alpha value is -2.19. The molecule has 6 atom stereocenters. The molecule has 0 aromatic rings. The van der Waals surface area contributed by atoms with Crippen LogP contribution in [-0.4, -0.2) is 81.8 Å². The summed E-state index contributed by atoms with van der Waals surface area (Å²) < 4.78 is 11.6. The molecule has 0 saturated carbocycles. The monoisotopic (exact) mass is 404 g/mol. The van der Waals surface area contributed by atoms with E-state index in [9.17, 15) is 19.5 Å². The molecule has 1 spiro atoms. The number of likely N-dealkylation sites (tertiary alicyclic amines) is 1. The number of cyclic esters (lactones) is 1. The van der Waals surface area contributed by atoms with Crippen LogP contribution in [-0.2, 0) is 23.9 Å². The van der Waals surface area contributed by atoms with Crippen molar-refractivity contribution in [3.8, 4) is 0 Å². The summed E-state index contributed by atoms with van der Waals surface area (Å²) in [5, 5.41) is 9.80. The van der Waals surface area contributed by atoms with E-state index in [1.807, 2.05) is 26.8 Å². The summed E-state index contributed by atoms with van der Waals surface area (Å²) in [4.78, 5) is 43.1. The van der Waals surface area contributed by atoms with Gasteiger partial charge in [0.25, 0.3) is 0 Å². The summed E-state index contributed by atoms with van der Waals surface area (Å²) in [5.41, 5.74) is -1.74. The lowest BCUT2D eigenvalue weighted by atomic mass is 9.78. The van der Waals surface area contributed by atoms with Gasteiger partial charge in [0.1, 0.15) is 24.2 Å². The van der Waals surface area contributed by atoms with E-state index in [1.165, 1.54) is 4.90 Å². The summed E-state index contributed by atoms with van der Waals surface area (Å²) >= 11 is 0. The van der Waals surface area contributed by atoms with E-state index in [2.05, 4.69) is 0 Å². The molecule has 8 heteroatoms. The number of hydrogen-bond acceptors (Lipinski definition) is 6. The Morgan fingerprint density at radius 3 is 2.62 bits per heavy atom. The van der Waals surface area contributed by atoms with Crippen molar-refractivity contribution in [3.05, 3.63) is 24.3 Å². The van der Waals surface area contributed by atoms with E-state index >= 15 is 0 Å². The Bertz CT molecular complexity index is 799. The summed E-state index contributed by atoms with van der Waals surface area (Å²) in [6.07, 6.45) is 6.45. The number of rotatable bonds is 2. The molecular formula is C21H28N2O6. The second-order valence-electron chi connectivity index (χ2n) is 9.20. The molecule has 0 aromatic carbocycles. The SMILES string of the molecule is CC(CO)N1C(=O)[C@@H]2[C@H]3C(=O)OCC=C[C@H]3OC23C=CCN(C(C)(C)C)C(=O)[C@@H]13. The minimum Gasteiger partial charge on any atom is -0.461 e. The van der Waals surface area contributed by atoms with Crippen LogP contribution in [0.15, 0.2) is 24.3 Å². The molecule has 2 amide bonds. The number of ether oxygens (including phenoxy) is 2. The normalized spacial score (nSPS) is 37.6. The molecule has 158 valence electrons. The van der Waals surface area contributed by atoms with Crippen molar-refractivity contribution in [1.82, 2.24) is 9.80 Å². The van der Waals surface area contributed by atoms with Crippen molar-refractivity contribution in [1.29, 1.82) is 0 Å². The smallest absolute Gasteiger partial charge is 0.313 e. The number of aliphatic hydroxyl groups excluding tert-OH is 1. The van der Waals surface area contributed by atoms with Gasteiger partial charge in [0.15, 0.2) is 0 Å². The highest BCUT2D eigenvalue weighted by Gasteiger charge is 2.72. The van der Waals surface area contributed by atoms with Crippen LogP contribution in [0.4, 0.5) is 0 Å². The van der Waals surface area contributed by atoms with Crippen LogP contribution in [0.3, 0.4) is 0 Å². The second-order valence-corrected chi connectivity index (χ2v) is 9.20. The van der Waals surface area contributed by atoms with E-state index < -0.39 is 47.1 Å². The number of aliphatic hydroxyl groups is 1. The largest absolute Gasteiger partial charge is 0.461 e. The van der Waals surface area contributed by atoms with Crippen molar-refractivity contribution >= 4 is 17.8 Å². The number of fused-ring (bicyclic) bond motifs is 2. The zero-order chi connectivity index (χ0) is 21.1. The maximum absolute atomic E-state index is 13.7. The highest BCUT2D eigenvalue weighted by atomic mass is 16.6. The molecule has 4 rings (SSSR count). The number of amides is 2. The van der Waals surface area contributed by atoms with Gasteiger partial charge in [-0.25, -0.2) is 0 Å². The van der Waals surface area contributed by atoms with Gasteiger partial charge < -0.3 is 24.4 Å². The van der Waals surface area contributed by atoms with Crippen LogP contribution in [0.5, 0.6) is 0 Å². The minimum absolute atomic E-state index is 0.135. The molecular weight excluding hydrogens is 376 g/mol. The molecule has 2 saturated heterocycles. The van der Waals surface area contributed by atoms with Crippen molar-refractivity contribution < 1.29 is 29.0 Å². The third-order valence-electron chi connectivity index (χ3n) is 6.40. The fourth-order valence-electron chi connectivity index (χ4n) is 5.07. The Morgan fingerprint density at radius 1 is 1.24 bits per heavy atom. The average Bonchev–Trinajstić information content (AvgIpc) is 2.95. The van der Waals surface area contributed by atoms with Crippen LogP contribution in [0.25, 0.3) is 0 Å². The number of esters is 1. The van der Waals surface area contributed by atoms with Gasteiger partial charge in [-0.3, -0.25) is 14.4 Å². The molecule has 0 bridgehead atoms. The minimum atomic E-state index is -1.27. The lowest BCUT2D eigenvalue weighted by Gasteiger charge is -2.41. The fourth-order valence-corrected chi connectivity index (χ4v) is 5.07. The van der Waals surface area contributed by atoms with Gasteiger partial charge in [-0.2, -0.15) is 0 Å². The molecule has 4 aliphatic heterocycles. The predicted molar refractivity (Wildman–Crippen MR) is 102 cm³/mol. The lowest BCUT2D eigenvalue weighted by molar-refractivity contribution is -0.155. The first-order valence-electron chi connectivity index (χ1n) is 10.1. The standard InChI is InChI=1S/C21H28N2O6/c1-12(11-24)23-16-18(26)22(20(2,3)4)9-6-8-21(16)15(17(23)25)14-13(29-21)7-5-10-28-19(14)27/h5-8,12-16,24H,9-11H2,1-4H3/t12?,13-,14+,15+,16-,21?/m1/s1. The molecule has 4 aliphatic rings. The third-order valence-corrected chi connectivity index (χ3v) is 6.40. The first kappa shape index (κ1) is 20.1. The van der Waals surface area contributed by atoms with Gasteiger partial charge in [0.05, 0.1) is 24.7 Å². The number of hydrogen-bond donors (Lipinski definition) is 1. The maximum Gasteiger partial charge on any atom is 0.313 e. The van der Waals surface area contributed by atoms with E-state index in [1.54, 1.807) is 30.1 Å². The van der Waals surface area contributed by atoms with Gasteiger partial charge >= 0.3 is 5.97 Å². The van der Waals surface area contributed by atoms with Gasteiger partial charge in [0.2, 0.25) is 11.8 Å². The molecule has 4 heterocycles. The second kappa shape index (κ2) is 6.67. The lowest BCUT2D eigenvalue weighted by Crippen LogP contribution is -2.60. The molecule has 0 aromatic heterocycles. The number of nitrogens with zero attached hydrogens (tertiary/aromatic N) is 2. The van der Waals surface area contributed by atoms with Crippen LogP contribution in [0.2, 0.25) is 0 Å². The summed E-state index contributed by atoms with van der Waals surface area (Å²) in [6.45, 7) is 7.71.